The van der Waals surface area contributed by atoms with Crippen LogP contribution in [0.2, 0.25) is 0 Å². The Morgan fingerprint density at radius 1 is 1.00 bits per heavy atom. The van der Waals surface area contributed by atoms with E-state index in [4.69, 9.17) is 4.74 Å². The van der Waals surface area contributed by atoms with Crippen LogP contribution in [-0.4, -0.2) is 46.8 Å². The minimum atomic E-state index is 0.0424. The maximum Gasteiger partial charge on any atom is 0.326 e. The summed E-state index contributed by atoms with van der Waals surface area (Å²) in [6.07, 6.45) is 4.80. The fourth-order valence-corrected chi connectivity index (χ4v) is 5.36. The van der Waals surface area contributed by atoms with Crippen LogP contribution in [0.15, 0.2) is 29.1 Å². The van der Waals surface area contributed by atoms with E-state index in [1.165, 1.54) is 12.8 Å². The van der Waals surface area contributed by atoms with E-state index in [-0.39, 0.29) is 5.69 Å². The molecule has 3 heterocycles. The highest BCUT2D eigenvalue weighted by atomic mass is 16.5. The molecule has 3 atom stereocenters. The van der Waals surface area contributed by atoms with Gasteiger partial charge in [-0.15, -0.1) is 0 Å². The van der Waals surface area contributed by atoms with Gasteiger partial charge in [-0.05, 0) is 49.7 Å². The van der Waals surface area contributed by atoms with Gasteiger partial charge in [0.25, 0.3) is 0 Å². The molecule has 1 N–H and O–H groups in total. The SMILES string of the molecule is O=c1[nH]c2ccccc2n1C1CCN(C2[C@@H]3CC[C@H]2COC3)CC1. The zero-order valence-electron chi connectivity index (χ0n) is 14.0. The number of aromatic amines is 1. The van der Waals surface area contributed by atoms with Crippen LogP contribution in [0, 0.1) is 11.8 Å². The number of nitrogens with one attached hydrogen (secondary N) is 1. The minimum absolute atomic E-state index is 0.0424. The Hall–Kier alpha value is -1.59. The van der Waals surface area contributed by atoms with Crippen molar-refractivity contribution in [3.63, 3.8) is 0 Å². The van der Waals surface area contributed by atoms with Crippen LogP contribution in [0.25, 0.3) is 11.0 Å². The topological polar surface area (TPSA) is 50.3 Å². The lowest BCUT2D eigenvalue weighted by atomic mass is 9.91. The number of aromatic nitrogens is 2. The molecule has 24 heavy (non-hydrogen) atoms. The average molecular weight is 327 g/mol. The van der Waals surface area contributed by atoms with Crippen molar-refractivity contribution >= 4 is 11.0 Å². The fraction of sp³-hybridized carbons (Fsp3) is 0.632. The smallest absolute Gasteiger partial charge is 0.326 e. The summed E-state index contributed by atoms with van der Waals surface area (Å²) < 4.78 is 7.74. The lowest BCUT2D eigenvalue weighted by Crippen LogP contribution is -2.50. The highest BCUT2D eigenvalue weighted by Gasteiger charge is 2.43. The number of H-pyrrole nitrogens is 1. The van der Waals surface area contributed by atoms with Crippen molar-refractivity contribution in [1.82, 2.24) is 14.5 Å². The third kappa shape index (κ3) is 2.25. The van der Waals surface area contributed by atoms with E-state index in [2.05, 4.69) is 16.0 Å². The summed E-state index contributed by atoms with van der Waals surface area (Å²) in [6, 6.07) is 9.08. The predicted octanol–water partition coefficient (Wildman–Crippen LogP) is 2.39. The molecule has 2 saturated heterocycles. The van der Waals surface area contributed by atoms with Gasteiger partial charge in [-0.25, -0.2) is 4.79 Å². The molecular formula is C19H25N3O2. The zero-order valence-corrected chi connectivity index (χ0v) is 14.0. The molecule has 1 saturated carbocycles. The van der Waals surface area contributed by atoms with Gasteiger partial charge in [-0.3, -0.25) is 9.47 Å². The summed E-state index contributed by atoms with van der Waals surface area (Å²) >= 11 is 0. The van der Waals surface area contributed by atoms with Crippen LogP contribution in [0.1, 0.15) is 31.7 Å². The Balaban J connectivity index is 1.35. The molecule has 1 unspecified atom stereocenters. The highest BCUT2D eigenvalue weighted by molar-refractivity contribution is 5.75. The number of nitrogens with zero attached hydrogens (tertiary/aromatic N) is 2. The number of hydrogen-bond donors (Lipinski definition) is 1. The number of benzene rings is 1. The Morgan fingerprint density at radius 2 is 1.71 bits per heavy atom. The molecule has 2 aliphatic heterocycles. The van der Waals surface area contributed by atoms with Crippen LogP contribution >= 0.6 is 0 Å². The molecule has 0 spiro atoms. The van der Waals surface area contributed by atoms with Gasteiger partial charge in [0.1, 0.15) is 0 Å². The maximum atomic E-state index is 12.4. The third-order valence-electron chi connectivity index (χ3n) is 6.45. The van der Waals surface area contributed by atoms with Gasteiger partial charge in [0, 0.05) is 25.2 Å². The van der Waals surface area contributed by atoms with E-state index in [1.807, 2.05) is 22.8 Å². The van der Waals surface area contributed by atoms with Crippen LogP contribution in [0.5, 0.6) is 0 Å². The first-order valence-corrected chi connectivity index (χ1v) is 9.32. The minimum Gasteiger partial charge on any atom is -0.381 e. The standard InChI is InChI=1S/C19H25N3O2/c23-19-20-16-3-1-2-4-17(16)22(19)15-7-9-21(10-8-15)18-13-5-6-14(18)12-24-11-13/h1-4,13-15,18H,5-12H2,(H,20,23)/t13-,14+,18?. The molecule has 2 aromatic rings. The van der Waals surface area contributed by atoms with Crippen molar-refractivity contribution in [2.24, 2.45) is 11.8 Å². The van der Waals surface area contributed by atoms with Crippen molar-refractivity contribution in [3.05, 3.63) is 34.7 Å². The van der Waals surface area contributed by atoms with Crippen LogP contribution in [-0.2, 0) is 4.74 Å². The zero-order chi connectivity index (χ0) is 16.1. The summed E-state index contributed by atoms with van der Waals surface area (Å²) in [5.74, 6) is 1.47. The molecule has 0 radical (unpaired) electrons. The van der Waals surface area contributed by atoms with Gasteiger partial charge in [0.2, 0.25) is 0 Å². The van der Waals surface area contributed by atoms with E-state index in [0.717, 1.165) is 68.1 Å². The highest BCUT2D eigenvalue weighted by Crippen LogP contribution is 2.40. The van der Waals surface area contributed by atoms with Gasteiger partial charge >= 0.3 is 5.69 Å². The first kappa shape index (κ1) is 14.7. The van der Waals surface area contributed by atoms with E-state index in [1.54, 1.807) is 0 Å². The number of ether oxygens (including phenoxy) is 1. The maximum absolute atomic E-state index is 12.4. The van der Waals surface area contributed by atoms with Gasteiger partial charge < -0.3 is 9.72 Å². The van der Waals surface area contributed by atoms with E-state index >= 15 is 0 Å². The second-order valence-electron chi connectivity index (χ2n) is 7.71. The molecule has 2 bridgehead atoms. The fourth-order valence-electron chi connectivity index (χ4n) is 5.36. The van der Waals surface area contributed by atoms with Gasteiger partial charge in [0.15, 0.2) is 0 Å². The number of rotatable bonds is 2. The normalized spacial score (nSPS) is 31.8. The first-order valence-electron chi connectivity index (χ1n) is 9.32. The number of imidazole rings is 1. The van der Waals surface area contributed by atoms with Gasteiger partial charge in [0.05, 0.1) is 24.2 Å². The monoisotopic (exact) mass is 327 g/mol. The summed E-state index contributed by atoms with van der Waals surface area (Å²) in [5.41, 5.74) is 2.04. The van der Waals surface area contributed by atoms with Crippen LogP contribution in [0.3, 0.4) is 0 Å². The number of fused-ring (bicyclic) bond motifs is 3. The number of para-hydroxylation sites is 2. The molecule has 5 nitrogen and oxygen atoms in total. The molecule has 3 fully saturated rings. The van der Waals surface area contributed by atoms with Crippen molar-refractivity contribution in [1.29, 1.82) is 0 Å². The van der Waals surface area contributed by atoms with E-state index < -0.39 is 0 Å². The molecule has 0 amide bonds. The Labute approximate surface area is 141 Å². The molecule has 1 aromatic heterocycles. The van der Waals surface area contributed by atoms with Crippen molar-refractivity contribution in [2.75, 3.05) is 26.3 Å². The number of piperidine rings is 1. The number of hydrogen-bond acceptors (Lipinski definition) is 3. The summed E-state index contributed by atoms with van der Waals surface area (Å²) in [4.78, 5) is 18.1. The van der Waals surface area contributed by atoms with Crippen molar-refractivity contribution in [3.8, 4) is 0 Å². The lowest BCUT2D eigenvalue weighted by molar-refractivity contribution is -0.0310. The molecule has 1 aliphatic carbocycles. The Bertz CT molecular complexity index is 771. The first-order chi connectivity index (χ1) is 11.8. The predicted molar refractivity (Wildman–Crippen MR) is 93.2 cm³/mol. The second kappa shape index (κ2) is 5.74. The lowest BCUT2D eigenvalue weighted by Gasteiger charge is -2.43. The summed E-state index contributed by atoms with van der Waals surface area (Å²) in [5, 5.41) is 0. The number of likely N-dealkylation sites (tertiary alicyclic amines) is 1. The van der Waals surface area contributed by atoms with Crippen molar-refractivity contribution < 1.29 is 4.74 Å². The van der Waals surface area contributed by atoms with Crippen LogP contribution in [0.4, 0.5) is 0 Å². The van der Waals surface area contributed by atoms with E-state index in [9.17, 15) is 4.79 Å². The van der Waals surface area contributed by atoms with E-state index in [0.29, 0.717) is 6.04 Å². The third-order valence-corrected chi connectivity index (χ3v) is 6.45. The molecule has 5 heteroatoms. The molecule has 1 aromatic carbocycles. The van der Waals surface area contributed by atoms with Gasteiger partial charge in [-0.1, -0.05) is 12.1 Å². The second-order valence-corrected chi connectivity index (χ2v) is 7.71. The molecule has 3 aliphatic rings. The van der Waals surface area contributed by atoms with Crippen molar-refractivity contribution in [2.45, 2.75) is 37.8 Å². The molecular weight excluding hydrogens is 302 g/mol. The average Bonchev–Trinajstić information content (AvgIpc) is 3.07. The van der Waals surface area contributed by atoms with Crippen LogP contribution < -0.4 is 5.69 Å². The largest absolute Gasteiger partial charge is 0.381 e. The van der Waals surface area contributed by atoms with Gasteiger partial charge in [-0.2, -0.15) is 0 Å². The molecule has 5 rings (SSSR count). The summed E-state index contributed by atoms with van der Waals surface area (Å²) in [7, 11) is 0. The molecule has 128 valence electrons. The summed E-state index contributed by atoms with van der Waals surface area (Å²) in [6.45, 7) is 4.11. The quantitative estimate of drug-likeness (QED) is 0.921. The Morgan fingerprint density at radius 3 is 2.46 bits per heavy atom. The Kier molecular flexibility index (Phi) is 3.52.